The summed E-state index contributed by atoms with van der Waals surface area (Å²) < 4.78 is 0. The number of halogens is 2. The minimum Gasteiger partial charge on any atom is -0.316 e. The van der Waals surface area contributed by atoms with Crippen LogP contribution in [0.25, 0.3) is 0 Å². The molecule has 0 saturated heterocycles. The molecule has 1 aromatic rings. The predicted molar refractivity (Wildman–Crippen MR) is 93.5 cm³/mol. The van der Waals surface area contributed by atoms with Gasteiger partial charge in [0.25, 0.3) is 0 Å². The Hall–Kier alpha value is -0.240. The molecule has 1 saturated carbocycles. The SMILES string of the molecule is CCCC1CC(CNCC(C)C)(c2c(Cl)cccc2Cl)C1. The summed E-state index contributed by atoms with van der Waals surface area (Å²) >= 11 is 13.0. The highest BCUT2D eigenvalue weighted by Crippen LogP contribution is 2.52. The lowest BCUT2D eigenvalue weighted by atomic mass is 9.57. The van der Waals surface area contributed by atoms with Crippen molar-refractivity contribution in [3.05, 3.63) is 33.8 Å². The molecule has 3 heteroatoms. The standard InChI is InChI=1S/C18H27Cl2N/c1-4-6-14-9-18(10-14,12-21-11-13(2)3)17-15(19)7-5-8-16(17)20/h5,7-8,13-14,21H,4,6,9-12H2,1-3H3. The normalized spacial score (nSPS) is 25.1. The number of hydrogen-bond donors (Lipinski definition) is 1. The zero-order valence-electron chi connectivity index (χ0n) is 13.4. The van der Waals surface area contributed by atoms with Crippen molar-refractivity contribution in [3.63, 3.8) is 0 Å². The second-order valence-corrected chi connectivity index (χ2v) is 7.78. The van der Waals surface area contributed by atoms with E-state index in [-0.39, 0.29) is 5.41 Å². The van der Waals surface area contributed by atoms with Gasteiger partial charge in [0.15, 0.2) is 0 Å². The zero-order valence-corrected chi connectivity index (χ0v) is 14.9. The smallest absolute Gasteiger partial charge is 0.0459 e. The molecule has 1 aromatic carbocycles. The lowest BCUT2D eigenvalue weighted by Gasteiger charge is -2.49. The van der Waals surface area contributed by atoms with Crippen LogP contribution in [-0.4, -0.2) is 13.1 Å². The molecule has 118 valence electrons. The molecule has 0 atom stereocenters. The summed E-state index contributed by atoms with van der Waals surface area (Å²) in [6.45, 7) is 8.77. The van der Waals surface area contributed by atoms with Crippen molar-refractivity contribution in [1.82, 2.24) is 5.32 Å². The van der Waals surface area contributed by atoms with Gasteiger partial charge in [0.1, 0.15) is 0 Å². The van der Waals surface area contributed by atoms with E-state index in [9.17, 15) is 0 Å². The van der Waals surface area contributed by atoms with E-state index in [2.05, 4.69) is 26.1 Å². The topological polar surface area (TPSA) is 12.0 Å². The van der Waals surface area contributed by atoms with Gasteiger partial charge in [-0.1, -0.05) is 62.9 Å². The first-order valence-electron chi connectivity index (χ1n) is 8.13. The Morgan fingerprint density at radius 2 is 1.86 bits per heavy atom. The predicted octanol–water partition coefficient (Wildman–Crippen LogP) is 5.69. The Morgan fingerprint density at radius 1 is 1.24 bits per heavy atom. The van der Waals surface area contributed by atoms with E-state index in [1.54, 1.807) is 0 Å². The zero-order chi connectivity index (χ0) is 15.5. The van der Waals surface area contributed by atoms with E-state index in [0.717, 1.165) is 34.6 Å². The molecule has 2 rings (SSSR count). The number of hydrogen-bond acceptors (Lipinski definition) is 1. The molecular formula is C18H27Cl2N. The second kappa shape index (κ2) is 7.35. The van der Waals surface area contributed by atoms with Gasteiger partial charge in [-0.25, -0.2) is 0 Å². The summed E-state index contributed by atoms with van der Waals surface area (Å²) in [5.41, 5.74) is 1.29. The molecule has 1 aliphatic carbocycles. The molecule has 21 heavy (non-hydrogen) atoms. The van der Waals surface area contributed by atoms with Gasteiger partial charge in [-0.15, -0.1) is 0 Å². The van der Waals surface area contributed by atoms with Crippen LogP contribution in [0, 0.1) is 11.8 Å². The molecule has 0 spiro atoms. The largest absolute Gasteiger partial charge is 0.316 e. The van der Waals surface area contributed by atoms with E-state index in [1.807, 2.05) is 18.2 Å². The molecular weight excluding hydrogens is 301 g/mol. The number of benzene rings is 1. The highest BCUT2D eigenvalue weighted by atomic mass is 35.5. The fourth-order valence-electron chi connectivity index (χ4n) is 3.70. The van der Waals surface area contributed by atoms with Crippen LogP contribution in [0.3, 0.4) is 0 Å². The fraction of sp³-hybridized carbons (Fsp3) is 0.667. The minimum atomic E-state index is 0.129. The molecule has 0 aliphatic heterocycles. The van der Waals surface area contributed by atoms with Gasteiger partial charge in [-0.05, 0) is 48.9 Å². The van der Waals surface area contributed by atoms with Crippen LogP contribution in [0.5, 0.6) is 0 Å². The van der Waals surface area contributed by atoms with Crippen LogP contribution >= 0.6 is 23.2 Å². The van der Waals surface area contributed by atoms with Crippen molar-refractivity contribution in [2.75, 3.05) is 13.1 Å². The molecule has 1 fully saturated rings. The second-order valence-electron chi connectivity index (χ2n) is 6.96. The number of nitrogens with one attached hydrogen (secondary N) is 1. The van der Waals surface area contributed by atoms with Crippen molar-refractivity contribution in [2.45, 2.75) is 51.9 Å². The first kappa shape index (κ1) is 17.1. The van der Waals surface area contributed by atoms with Gasteiger partial charge >= 0.3 is 0 Å². The quantitative estimate of drug-likeness (QED) is 0.678. The van der Waals surface area contributed by atoms with Gasteiger partial charge in [0.2, 0.25) is 0 Å². The van der Waals surface area contributed by atoms with E-state index >= 15 is 0 Å². The molecule has 1 aliphatic rings. The van der Waals surface area contributed by atoms with Crippen LogP contribution in [0.15, 0.2) is 18.2 Å². The van der Waals surface area contributed by atoms with Crippen LogP contribution in [0.2, 0.25) is 10.0 Å². The maximum Gasteiger partial charge on any atom is 0.0459 e. The first-order chi connectivity index (χ1) is 9.98. The Bertz CT molecular complexity index is 444. The van der Waals surface area contributed by atoms with Crippen molar-refractivity contribution in [2.24, 2.45) is 11.8 Å². The van der Waals surface area contributed by atoms with E-state index in [4.69, 9.17) is 23.2 Å². The molecule has 0 unspecified atom stereocenters. The third-order valence-electron chi connectivity index (χ3n) is 4.56. The third kappa shape index (κ3) is 3.94. The van der Waals surface area contributed by atoms with Crippen molar-refractivity contribution in [1.29, 1.82) is 0 Å². The monoisotopic (exact) mass is 327 g/mol. The van der Waals surface area contributed by atoms with Crippen LogP contribution in [0.4, 0.5) is 0 Å². The van der Waals surface area contributed by atoms with Crippen molar-refractivity contribution in [3.8, 4) is 0 Å². The van der Waals surface area contributed by atoms with Gasteiger partial charge in [0, 0.05) is 22.0 Å². The van der Waals surface area contributed by atoms with E-state index in [0.29, 0.717) is 5.92 Å². The lowest BCUT2D eigenvalue weighted by Crippen LogP contribution is -2.49. The Morgan fingerprint density at radius 3 is 2.38 bits per heavy atom. The first-order valence-corrected chi connectivity index (χ1v) is 8.89. The van der Waals surface area contributed by atoms with Gasteiger partial charge in [-0.3, -0.25) is 0 Å². The van der Waals surface area contributed by atoms with Gasteiger partial charge in [0.05, 0.1) is 0 Å². The highest BCUT2D eigenvalue weighted by molar-refractivity contribution is 6.36. The van der Waals surface area contributed by atoms with Gasteiger partial charge < -0.3 is 5.32 Å². The Balaban J connectivity index is 2.17. The fourth-order valence-corrected chi connectivity index (χ4v) is 4.50. The van der Waals surface area contributed by atoms with Crippen molar-refractivity contribution >= 4 is 23.2 Å². The van der Waals surface area contributed by atoms with Crippen LogP contribution < -0.4 is 5.32 Å². The summed E-state index contributed by atoms with van der Waals surface area (Å²) in [5, 5.41) is 5.27. The minimum absolute atomic E-state index is 0.129. The maximum absolute atomic E-state index is 6.48. The molecule has 0 bridgehead atoms. The van der Waals surface area contributed by atoms with Crippen LogP contribution in [0.1, 0.15) is 52.0 Å². The summed E-state index contributed by atoms with van der Waals surface area (Å²) in [6.07, 6.45) is 4.98. The molecule has 0 amide bonds. The van der Waals surface area contributed by atoms with Crippen LogP contribution in [-0.2, 0) is 5.41 Å². The third-order valence-corrected chi connectivity index (χ3v) is 5.19. The van der Waals surface area contributed by atoms with Crippen molar-refractivity contribution < 1.29 is 0 Å². The summed E-state index contributed by atoms with van der Waals surface area (Å²) in [4.78, 5) is 0. The molecule has 0 heterocycles. The maximum atomic E-state index is 6.48. The Kier molecular flexibility index (Phi) is 5.99. The molecule has 0 aromatic heterocycles. The molecule has 1 N–H and O–H groups in total. The van der Waals surface area contributed by atoms with E-state index < -0.39 is 0 Å². The molecule has 1 nitrogen and oxygen atoms in total. The lowest BCUT2D eigenvalue weighted by molar-refractivity contribution is 0.128. The number of rotatable bonds is 7. The van der Waals surface area contributed by atoms with E-state index in [1.165, 1.54) is 25.7 Å². The Labute approximate surface area is 139 Å². The highest BCUT2D eigenvalue weighted by Gasteiger charge is 2.46. The average molecular weight is 328 g/mol. The molecule has 0 radical (unpaired) electrons. The summed E-state index contributed by atoms with van der Waals surface area (Å²) in [6, 6.07) is 5.88. The summed E-state index contributed by atoms with van der Waals surface area (Å²) in [5.74, 6) is 1.48. The summed E-state index contributed by atoms with van der Waals surface area (Å²) in [7, 11) is 0. The average Bonchev–Trinajstić information content (AvgIpc) is 2.35. The van der Waals surface area contributed by atoms with Gasteiger partial charge in [-0.2, -0.15) is 0 Å².